The van der Waals surface area contributed by atoms with Crippen molar-refractivity contribution in [3.05, 3.63) is 0 Å². The molecule has 1 atom stereocenters. The first-order valence-electron chi connectivity index (χ1n) is 6.52. The maximum atomic E-state index is 10.0. The fraction of sp³-hybridized carbons (Fsp3) is 1.00. The Morgan fingerprint density at radius 3 is 2.21 bits per heavy atom. The van der Waals surface area contributed by atoms with Gasteiger partial charge in [0.15, 0.2) is 0 Å². The second-order valence-corrected chi connectivity index (χ2v) is 4.81. The summed E-state index contributed by atoms with van der Waals surface area (Å²) in [4.78, 5) is 0. The highest BCUT2D eigenvalue weighted by atomic mass is 16.3. The molecule has 14 heavy (non-hydrogen) atoms. The number of hydrogen-bond acceptors (Lipinski definition) is 1. The van der Waals surface area contributed by atoms with Crippen LogP contribution in [0.2, 0.25) is 0 Å². The van der Waals surface area contributed by atoms with Crippen LogP contribution in [0.1, 0.15) is 71.1 Å². The first-order chi connectivity index (χ1) is 6.84. The van der Waals surface area contributed by atoms with Gasteiger partial charge in [0.05, 0.1) is 6.10 Å². The summed E-state index contributed by atoms with van der Waals surface area (Å²) in [5.74, 6) is 0.613. The van der Waals surface area contributed by atoms with Crippen molar-refractivity contribution >= 4 is 0 Å². The largest absolute Gasteiger partial charge is 0.393 e. The minimum Gasteiger partial charge on any atom is -0.393 e. The van der Waals surface area contributed by atoms with Crippen LogP contribution in [-0.4, -0.2) is 11.2 Å². The SMILES string of the molecule is CCCCC(O)C1CCCCCCC1. The standard InChI is InChI=1S/C13H26O/c1-2-3-11-13(14)12-9-7-5-4-6-8-10-12/h12-14H,2-11H2,1H3. The molecule has 0 bridgehead atoms. The van der Waals surface area contributed by atoms with E-state index in [2.05, 4.69) is 6.92 Å². The van der Waals surface area contributed by atoms with Gasteiger partial charge in [-0.15, -0.1) is 0 Å². The highest BCUT2D eigenvalue weighted by Gasteiger charge is 2.19. The van der Waals surface area contributed by atoms with Gasteiger partial charge in [-0.2, -0.15) is 0 Å². The summed E-state index contributed by atoms with van der Waals surface area (Å²) in [6.07, 6.45) is 12.8. The van der Waals surface area contributed by atoms with Crippen molar-refractivity contribution in [1.29, 1.82) is 0 Å². The van der Waals surface area contributed by atoms with E-state index in [4.69, 9.17) is 0 Å². The summed E-state index contributed by atoms with van der Waals surface area (Å²) >= 11 is 0. The van der Waals surface area contributed by atoms with E-state index in [1.165, 1.54) is 57.8 Å². The van der Waals surface area contributed by atoms with Crippen molar-refractivity contribution in [2.24, 2.45) is 5.92 Å². The smallest absolute Gasteiger partial charge is 0.0568 e. The van der Waals surface area contributed by atoms with E-state index in [0.717, 1.165) is 6.42 Å². The predicted molar refractivity (Wildman–Crippen MR) is 61.3 cm³/mol. The van der Waals surface area contributed by atoms with Crippen LogP contribution in [0.4, 0.5) is 0 Å². The van der Waals surface area contributed by atoms with Crippen LogP contribution < -0.4 is 0 Å². The van der Waals surface area contributed by atoms with Gasteiger partial charge < -0.3 is 5.11 Å². The third-order valence-corrected chi connectivity index (χ3v) is 3.55. The Bertz CT molecular complexity index is 125. The highest BCUT2D eigenvalue weighted by molar-refractivity contribution is 4.71. The zero-order valence-corrected chi connectivity index (χ0v) is 9.67. The van der Waals surface area contributed by atoms with Crippen molar-refractivity contribution in [2.75, 3.05) is 0 Å². The van der Waals surface area contributed by atoms with Gasteiger partial charge in [0.1, 0.15) is 0 Å². The third-order valence-electron chi connectivity index (χ3n) is 3.55. The van der Waals surface area contributed by atoms with Crippen molar-refractivity contribution in [3.8, 4) is 0 Å². The predicted octanol–water partition coefficient (Wildman–Crippen LogP) is 3.90. The number of aliphatic hydroxyl groups is 1. The third kappa shape index (κ3) is 4.45. The molecule has 0 heterocycles. The molecule has 0 aromatic heterocycles. The molecule has 1 unspecified atom stereocenters. The van der Waals surface area contributed by atoms with Crippen LogP contribution >= 0.6 is 0 Å². The molecule has 0 saturated heterocycles. The molecule has 1 N–H and O–H groups in total. The fourth-order valence-electron chi connectivity index (χ4n) is 2.52. The Kier molecular flexibility index (Phi) is 6.25. The van der Waals surface area contributed by atoms with E-state index in [9.17, 15) is 5.11 Å². The molecule has 84 valence electrons. The van der Waals surface area contributed by atoms with Gasteiger partial charge in [0, 0.05) is 0 Å². The van der Waals surface area contributed by atoms with Crippen LogP contribution in [-0.2, 0) is 0 Å². The highest BCUT2D eigenvalue weighted by Crippen LogP contribution is 2.26. The van der Waals surface area contributed by atoms with Crippen molar-refractivity contribution in [2.45, 2.75) is 77.2 Å². The summed E-state index contributed by atoms with van der Waals surface area (Å²) in [6.45, 7) is 2.20. The van der Waals surface area contributed by atoms with Crippen molar-refractivity contribution in [3.63, 3.8) is 0 Å². The summed E-state index contributed by atoms with van der Waals surface area (Å²) in [7, 11) is 0. The zero-order chi connectivity index (χ0) is 10.2. The van der Waals surface area contributed by atoms with E-state index in [1.807, 2.05) is 0 Å². The van der Waals surface area contributed by atoms with E-state index >= 15 is 0 Å². The molecule has 1 aliphatic rings. The Labute approximate surface area is 88.9 Å². The molecule has 0 spiro atoms. The molecule has 1 fully saturated rings. The molecule has 0 amide bonds. The molecule has 0 aromatic carbocycles. The molecule has 0 radical (unpaired) electrons. The minimum atomic E-state index is -0.00644. The maximum Gasteiger partial charge on any atom is 0.0568 e. The molecular weight excluding hydrogens is 172 g/mol. The minimum absolute atomic E-state index is 0.00644. The Balaban J connectivity index is 2.23. The van der Waals surface area contributed by atoms with Gasteiger partial charge in [0.2, 0.25) is 0 Å². The summed E-state index contributed by atoms with van der Waals surface area (Å²) in [5, 5.41) is 10.0. The normalized spacial score (nSPS) is 22.7. The molecule has 1 saturated carbocycles. The fourth-order valence-corrected chi connectivity index (χ4v) is 2.52. The molecule has 0 aromatic rings. The number of rotatable bonds is 4. The van der Waals surface area contributed by atoms with Crippen LogP contribution in [0.25, 0.3) is 0 Å². The van der Waals surface area contributed by atoms with E-state index in [-0.39, 0.29) is 6.10 Å². The van der Waals surface area contributed by atoms with E-state index < -0.39 is 0 Å². The molecular formula is C13H26O. The summed E-state index contributed by atoms with van der Waals surface area (Å²) in [6, 6.07) is 0. The summed E-state index contributed by atoms with van der Waals surface area (Å²) < 4.78 is 0. The van der Waals surface area contributed by atoms with Gasteiger partial charge in [-0.3, -0.25) is 0 Å². The van der Waals surface area contributed by atoms with Crippen LogP contribution in [0.15, 0.2) is 0 Å². The van der Waals surface area contributed by atoms with Gasteiger partial charge in [-0.25, -0.2) is 0 Å². The summed E-state index contributed by atoms with van der Waals surface area (Å²) in [5.41, 5.74) is 0. The average Bonchev–Trinajstić information content (AvgIpc) is 2.13. The zero-order valence-electron chi connectivity index (χ0n) is 9.67. The van der Waals surface area contributed by atoms with E-state index in [1.54, 1.807) is 0 Å². The van der Waals surface area contributed by atoms with Crippen LogP contribution in [0.3, 0.4) is 0 Å². The Hall–Kier alpha value is -0.0400. The lowest BCUT2D eigenvalue weighted by Crippen LogP contribution is -2.21. The van der Waals surface area contributed by atoms with Crippen molar-refractivity contribution in [1.82, 2.24) is 0 Å². The Morgan fingerprint density at radius 1 is 1.07 bits per heavy atom. The molecule has 0 aliphatic heterocycles. The average molecular weight is 198 g/mol. The van der Waals surface area contributed by atoms with Gasteiger partial charge in [0.25, 0.3) is 0 Å². The number of aliphatic hydroxyl groups excluding tert-OH is 1. The number of hydrogen-bond donors (Lipinski definition) is 1. The van der Waals surface area contributed by atoms with Gasteiger partial charge in [-0.05, 0) is 25.2 Å². The number of unbranched alkanes of at least 4 members (excludes halogenated alkanes) is 1. The lowest BCUT2D eigenvalue weighted by Gasteiger charge is -2.24. The second-order valence-electron chi connectivity index (χ2n) is 4.81. The topological polar surface area (TPSA) is 20.2 Å². The first kappa shape index (κ1) is 12.0. The molecule has 1 aliphatic carbocycles. The van der Waals surface area contributed by atoms with Crippen LogP contribution in [0.5, 0.6) is 0 Å². The van der Waals surface area contributed by atoms with Crippen molar-refractivity contribution < 1.29 is 5.11 Å². The molecule has 1 rings (SSSR count). The molecule has 1 heteroatoms. The second kappa shape index (κ2) is 7.28. The first-order valence-corrected chi connectivity index (χ1v) is 6.52. The van der Waals surface area contributed by atoms with Gasteiger partial charge >= 0.3 is 0 Å². The van der Waals surface area contributed by atoms with Gasteiger partial charge in [-0.1, -0.05) is 51.9 Å². The Morgan fingerprint density at radius 2 is 1.64 bits per heavy atom. The van der Waals surface area contributed by atoms with E-state index in [0.29, 0.717) is 5.92 Å². The molecule has 1 nitrogen and oxygen atoms in total. The maximum absolute atomic E-state index is 10.0. The lowest BCUT2D eigenvalue weighted by molar-refractivity contribution is 0.0812. The lowest BCUT2D eigenvalue weighted by atomic mass is 9.85. The van der Waals surface area contributed by atoms with Crippen LogP contribution in [0, 0.1) is 5.92 Å². The monoisotopic (exact) mass is 198 g/mol. The quantitative estimate of drug-likeness (QED) is 0.726.